The van der Waals surface area contributed by atoms with Crippen LogP contribution in [0.25, 0.3) is 0 Å². The van der Waals surface area contributed by atoms with Crippen molar-refractivity contribution in [2.75, 3.05) is 26.2 Å². The molecule has 0 bridgehead atoms. The van der Waals surface area contributed by atoms with Crippen LogP contribution in [0.3, 0.4) is 0 Å². The van der Waals surface area contributed by atoms with Crippen molar-refractivity contribution in [2.24, 2.45) is 18.9 Å². The highest BCUT2D eigenvalue weighted by Crippen LogP contribution is 2.34. The van der Waals surface area contributed by atoms with Gasteiger partial charge in [-0.1, -0.05) is 6.07 Å². The van der Waals surface area contributed by atoms with Crippen LogP contribution in [0.4, 0.5) is 0 Å². The molecule has 3 atom stereocenters. The van der Waals surface area contributed by atoms with Crippen LogP contribution in [0.2, 0.25) is 0 Å². The van der Waals surface area contributed by atoms with Gasteiger partial charge in [-0.3, -0.25) is 14.3 Å². The molecule has 0 spiro atoms. The number of nitriles is 1. The van der Waals surface area contributed by atoms with Crippen LogP contribution < -0.4 is 5.32 Å². The van der Waals surface area contributed by atoms with Crippen molar-refractivity contribution in [1.29, 1.82) is 5.26 Å². The summed E-state index contributed by atoms with van der Waals surface area (Å²) in [5, 5.41) is 16.0. The normalized spacial score (nSPS) is 23.3. The lowest BCUT2D eigenvalue weighted by atomic mass is 9.93. The van der Waals surface area contributed by atoms with E-state index in [0.717, 1.165) is 0 Å². The fraction of sp³-hybridized carbons (Fsp3) is 0.400. The molecule has 28 heavy (non-hydrogen) atoms. The Morgan fingerprint density at radius 3 is 2.96 bits per heavy atom. The molecule has 2 aromatic rings. The summed E-state index contributed by atoms with van der Waals surface area (Å²) in [5.41, 5.74) is 1.49. The Morgan fingerprint density at radius 2 is 2.21 bits per heavy atom. The first-order valence-electron chi connectivity index (χ1n) is 9.24. The molecule has 1 N–H and O–H groups in total. The quantitative estimate of drug-likeness (QED) is 0.847. The van der Waals surface area contributed by atoms with Gasteiger partial charge in [0.15, 0.2) is 0 Å². The summed E-state index contributed by atoms with van der Waals surface area (Å²) in [5.74, 6) is 0.0934. The van der Waals surface area contributed by atoms with Gasteiger partial charge in [0.2, 0.25) is 0 Å². The highest BCUT2D eigenvalue weighted by molar-refractivity contribution is 5.95. The number of likely N-dealkylation sites (tertiary alicyclic amines) is 1. The molecule has 0 aliphatic carbocycles. The van der Waals surface area contributed by atoms with Crippen LogP contribution in [0, 0.1) is 23.2 Å². The van der Waals surface area contributed by atoms with E-state index in [1.807, 2.05) is 0 Å². The predicted molar refractivity (Wildman–Crippen MR) is 99.3 cm³/mol. The Morgan fingerprint density at radius 1 is 1.36 bits per heavy atom. The number of hydrogen-bond acceptors (Lipinski definition) is 5. The minimum absolute atomic E-state index is 0.0123. The van der Waals surface area contributed by atoms with Crippen molar-refractivity contribution >= 4 is 11.8 Å². The molecule has 0 unspecified atom stereocenters. The summed E-state index contributed by atoms with van der Waals surface area (Å²) in [7, 11) is 1.73. The van der Waals surface area contributed by atoms with E-state index in [0.29, 0.717) is 43.1 Å². The molecular weight excluding hydrogens is 358 g/mol. The number of hydrogen-bond donors (Lipinski definition) is 1. The average Bonchev–Trinajstić information content (AvgIpc) is 3.41. The first-order valence-corrected chi connectivity index (χ1v) is 9.24. The van der Waals surface area contributed by atoms with Gasteiger partial charge in [-0.2, -0.15) is 10.4 Å². The van der Waals surface area contributed by atoms with Gasteiger partial charge >= 0.3 is 0 Å². The standard InChI is InChI=1S/C20H21N5O3/c1-24-17(5-6-23-24)19(26)22-9-15-12-28-18-11-25(10-16(15)18)20(27)14-4-2-3-13(7-14)8-21/h2-7,15-16,18H,9-12H2,1H3,(H,22,26)/t15-,16+,18+/m0/s1. The van der Waals surface area contributed by atoms with E-state index in [-0.39, 0.29) is 29.8 Å². The minimum atomic E-state index is -0.164. The molecule has 8 heteroatoms. The monoisotopic (exact) mass is 379 g/mol. The molecule has 0 radical (unpaired) electrons. The number of nitrogens with zero attached hydrogens (tertiary/aromatic N) is 4. The van der Waals surface area contributed by atoms with E-state index in [1.165, 1.54) is 4.68 Å². The zero-order chi connectivity index (χ0) is 19.7. The first-order chi connectivity index (χ1) is 13.6. The lowest BCUT2D eigenvalue weighted by Gasteiger charge is -2.20. The van der Waals surface area contributed by atoms with Crippen LogP contribution >= 0.6 is 0 Å². The van der Waals surface area contributed by atoms with Crippen LogP contribution in [-0.2, 0) is 11.8 Å². The van der Waals surface area contributed by atoms with Crippen molar-refractivity contribution in [2.45, 2.75) is 6.10 Å². The van der Waals surface area contributed by atoms with Crippen molar-refractivity contribution in [3.05, 3.63) is 53.3 Å². The van der Waals surface area contributed by atoms with Gasteiger partial charge in [-0.25, -0.2) is 0 Å². The first kappa shape index (κ1) is 18.2. The molecule has 0 saturated carbocycles. The zero-order valence-corrected chi connectivity index (χ0v) is 15.5. The SMILES string of the molecule is Cn1nccc1C(=O)NC[C@H]1CO[C@@H]2CN(C(=O)c3cccc(C#N)c3)C[C@H]12. The van der Waals surface area contributed by atoms with Crippen LogP contribution in [-0.4, -0.2) is 58.8 Å². The highest BCUT2D eigenvalue weighted by atomic mass is 16.5. The van der Waals surface area contributed by atoms with Gasteiger partial charge < -0.3 is 15.0 Å². The Hall–Kier alpha value is -3.18. The molecule has 3 heterocycles. The number of benzene rings is 1. The summed E-state index contributed by atoms with van der Waals surface area (Å²) in [6, 6.07) is 10.5. The Balaban J connectivity index is 1.37. The number of rotatable bonds is 4. The summed E-state index contributed by atoms with van der Waals surface area (Å²) in [6.07, 6.45) is 1.58. The van der Waals surface area contributed by atoms with E-state index in [9.17, 15) is 9.59 Å². The van der Waals surface area contributed by atoms with E-state index in [2.05, 4.69) is 16.5 Å². The smallest absolute Gasteiger partial charge is 0.269 e. The van der Waals surface area contributed by atoms with Crippen molar-refractivity contribution in [1.82, 2.24) is 20.0 Å². The maximum atomic E-state index is 12.8. The summed E-state index contributed by atoms with van der Waals surface area (Å²) >= 11 is 0. The minimum Gasteiger partial charge on any atom is -0.376 e. The van der Waals surface area contributed by atoms with Crippen LogP contribution in [0.15, 0.2) is 36.5 Å². The molecule has 2 saturated heterocycles. The van der Waals surface area contributed by atoms with Crippen molar-refractivity contribution in [3.63, 3.8) is 0 Å². The van der Waals surface area contributed by atoms with E-state index in [4.69, 9.17) is 10.00 Å². The largest absolute Gasteiger partial charge is 0.376 e. The summed E-state index contributed by atoms with van der Waals surface area (Å²) in [6.45, 7) is 2.20. The molecule has 1 aromatic heterocycles. The molecule has 2 aliphatic heterocycles. The van der Waals surface area contributed by atoms with E-state index >= 15 is 0 Å². The lowest BCUT2D eigenvalue weighted by molar-refractivity contribution is 0.0674. The number of carbonyl (C=O) groups is 2. The van der Waals surface area contributed by atoms with Gasteiger partial charge in [0.05, 0.1) is 24.3 Å². The second-order valence-corrected chi connectivity index (χ2v) is 7.25. The summed E-state index contributed by atoms with van der Waals surface area (Å²) in [4.78, 5) is 26.9. The third-order valence-electron chi connectivity index (χ3n) is 5.54. The average molecular weight is 379 g/mol. The lowest BCUT2D eigenvalue weighted by Crippen LogP contribution is -2.36. The molecule has 1 aromatic carbocycles. The van der Waals surface area contributed by atoms with Gasteiger partial charge in [-0.05, 0) is 24.3 Å². The second kappa shape index (κ2) is 7.44. The number of carbonyl (C=O) groups excluding carboxylic acids is 2. The van der Waals surface area contributed by atoms with Gasteiger partial charge in [0.25, 0.3) is 11.8 Å². The third-order valence-corrected chi connectivity index (χ3v) is 5.54. The Labute approximate surface area is 162 Å². The second-order valence-electron chi connectivity index (χ2n) is 7.25. The topological polar surface area (TPSA) is 100 Å². The van der Waals surface area contributed by atoms with Gasteiger partial charge in [0, 0.05) is 50.3 Å². The Kier molecular flexibility index (Phi) is 4.84. The third kappa shape index (κ3) is 3.37. The molecular formula is C20H21N5O3. The van der Waals surface area contributed by atoms with Gasteiger partial charge in [-0.15, -0.1) is 0 Å². The number of nitrogens with one attached hydrogen (secondary N) is 1. The van der Waals surface area contributed by atoms with Crippen molar-refractivity contribution < 1.29 is 14.3 Å². The number of aryl methyl sites for hydroxylation is 1. The van der Waals surface area contributed by atoms with E-state index in [1.54, 1.807) is 48.5 Å². The molecule has 2 fully saturated rings. The maximum absolute atomic E-state index is 12.8. The van der Waals surface area contributed by atoms with E-state index < -0.39 is 0 Å². The number of aromatic nitrogens is 2. The molecule has 144 valence electrons. The summed E-state index contributed by atoms with van der Waals surface area (Å²) < 4.78 is 7.42. The zero-order valence-electron chi connectivity index (χ0n) is 15.5. The van der Waals surface area contributed by atoms with Crippen LogP contribution in [0.5, 0.6) is 0 Å². The number of fused-ring (bicyclic) bond motifs is 1. The van der Waals surface area contributed by atoms with Crippen LogP contribution in [0.1, 0.15) is 26.4 Å². The fourth-order valence-electron chi connectivity index (χ4n) is 3.99. The molecule has 2 aliphatic rings. The van der Waals surface area contributed by atoms with Crippen molar-refractivity contribution in [3.8, 4) is 6.07 Å². The predicted octanol–water partition coefficient (Wildman–Crippen LogP) is 0.809. The molecule has 4 rings (SSSR count). The maximum Gasteiger partial charge on any atom is 0.269 e. The fourth-order valence-corrected chi connectivity index (χ4v) is 3.99. The molecule has 2 amide bonds. The Bertz CT molecular complexity index is 947. The van der Waals surface area contributed by atoms with Gasteiger partial charge in [0.1, 0.15) is 5.69 Å². The number of amides is 2. The molecule has 8 nitrogen and oxygen atoms in total. The number of ether oxygens (including phenoxy) is 1. The highest BCUT2D eigenvalue weighted by Gasteiger charge is 2.45.